The Labute approximate surface area is 149 Å². The number of non-ortho nitro benzene ring substituents is 1. The number of nitrogens with zero attached hydrogens (tertiary/aromatic N) is 1. The molecule has 0 spiro atoms. The molecule has 0 atom stereocenters. The number of benzene rings is 2. The van der Waals surface area contributed by atoms with Gasteiger partial charge >= 0.3 is 13.2 Å². The van der Waals surface area contributed by atoms with Gasteiger partial charge in [0.15, 0.2) is 5.78 Å². The number of hydrogen-bond acceptors (Lipinski definition) is 5. The summed E-state index contributed by atoms with van der Waals surface area (Å²) in [7, 11) is 0. The van der Waals surface area contributed by atoms with E-state index < -0.39 is 35.4 Å². The zero-order valence-electron chi connectivity index (χ0n) is 13.4. The fourth-order valence-corrected chi connectivity index (χ4v) is 2.04. The SMILES string of the molecule is O=C(/C=C/c1ccc([N+](=O)[O-])cc1)c1ccc(OC(F)F)cc1OC(F)F. The van der Waals surface area contributed by atoms with Crippen molar-refractivity contribution in [2.75, 3.05) is 0 Å². The molecule has 142 valence electrons. The van der Waals surface area contributed by atoms with E-state index in [1.807, 2.05) is 0 Å². The van der Waals surface area contributed by atoms with E-state index in [1.165, 1.54) is 30.3 Å². The number of halogens is 4. The third-order valence-electron chi connectivity index (χ3n) is 3.19. The minimum absolute atomic E-state index is 0.138. The summed E-state index contributed by atoms with van der Waals surface area (Å²) < 4.78 is 57.8. The maximum atomic E-state index is 12.5. The molecule has 0 saturated carbocycles. The van der Waals surface area contributed by atoms with Gasteiger partial charge in [-0.15, -0.1) is 0 Å². The van der Waals surface area contributed by atoms with Crippen LogP contribution in [0.25, 0.3) is 6.08 Å². The average Bonchev–Trinajstić information content (AvgIpc) is 2.59. The Hall–Kier alpha value is -3.43. The molecule has 0 bridgehead atoms. The van der Waals surface area contributed by atoms with E-state index in [1.54, 1.807) is 0 Å². The number of nitro benzene ring substituents is 1. The maximum Gasteiger partial charge on any atom is 0.387 e. The van der Waals surface area contributed by atoms with Crippen molar-refractivity contribution < 1.29 is 36.8 Å². The number of carbonyl (C=O) groups is 1. The molecule has 0 unspecified atom stereocenters. The van der Waals surface area contributed by atoms with Gasteiger partial charge in [-0.05, 0) is 35.9 Å². The molecule has 0 aromatic heterocycles. The van der Waals surface area contributed by atoms with Gasteiger partial charge in [0.05, 0.1) is 10.5 Å². The molecule has 2 rings (SSSR count). The van der Waals surface area contributed by atoms with Gasteiger partial charge in [-0.25, -0.2) is 0 Å². The molecule has 0 heterocycles. The van der Waals surface area contributed by atoms with Crippen molar-refractivity contribution in [1.29, 1.82) is 0 Å². The molecular weight excluding hydrogens is 374 g/mol. The van der Waals surface area contributed by atoms with Crippen LogP contribution in [0, 0.1) is 10.1 Å². The lowest BCUT2D eigenvalue weighted by Crippen LogP contribution is -2.08. The summed E-state index contributed by atoms with van der Waals surface area (Å²) in [6.07, 6.45) is 2.34. The molecule has 0 aliphatic rings. The number of ketones is 1. The van der Waals surface area contributed by atoms with Crippen LogP contribution in [0.3, 0.4) is 0 Å². The second-order valence-corrected chi connectivity index (χ2v) is 4.96. The molecule has 27 heavy (non-hydrogen) atoms. The van der Waals surface area contributed by atoms with Crippen molar-refractivity contribution in [3.8, 4) is 11.5 Å². The van der Waals surface area contributed by atoms with Crippen molar-refractivity contribution in [2.24, 2.45) is 0 Å². The van der Waals surface area contributed by atoms with Crippen LogP contribution in [0.15, 0.2) is 48.5 Å². The summed E-state index contributed by atoms with van der Waals surface area (Å²) in [6.45, 7) is -6.45. The maximum absolute atomic E-state index is 12.5. The Morgan fingerprint density at radius 1 is 1.00 bits per heavy atom. The van der Waals surface area contributed by atoms with Gasteiger partial charge in [-0.1, -0.05) is 6.08 Å². The number of hydrogen-bond donors (Lipinski definition) is 0. The van der Waals surface area contributed by atoms with Crippen molar-refractivity contribution in [3.63, 3.8) is 0 Å². The van der Waals surface area contributed by atoms with E-state index in [-0.39, 0.29) is 11.3 Å². The van der Waals surface area contributed by atoms with Crippen LogP contribution in [-0.2, 0) is 0 Å². The van der Waals surface area contributed by atoms with Gasteiger partial charge < -0.3 is 9.47 Å². The molecular formula is C17H11F4NO5. The minimum Gasteiger partial charge on any atom is -0.435 e. The fourth-order valence-electron chi connectivity index (χ4n) is 2.04. The average molecular weight is 385 g/mol. The lowest BCUT2D eigenvalue weighted by atomic mass is 10.1. The summed E-state index contributed by atoms with van der Waals surface area (Å²) in [6, 6.07) is 8.01. The van der Waals surface area contributed by atoms with Crippen LogP contribution >= 0.6 is 0 Å². The molecule has 0 radical (unpaired) electrons. The first-order valence-electron chi connectivity index (χ1n) is 7.27. The molecule has 10 heteroatoms. The predicted molar refractivity (Wildman–Crippen MR) is 86.2 cm³/mol. The molecule has 2 aromatic rings. The van der Waals surface area contributed by atoms with Crippen molar-refractivity contribution >= 4 is 17.5 Å². The summed E-state index contributed by atoms with van der Waals surface area (Å²) in [5.41, 5.74) is 0.0127. The van der Waals surface area contributed by atoms with Gasteiger partial charge in [-0.3, -0.25) is 14.9 Å². The highest BCUT2D eigenvalue weighted by molar-refractivity contribution is 6.08. The van der Waals surface area contributed by atoms with Gasteiger partial charge in [-0.2, -0.15) is 17.6 Å². The predicted octanol–water partition coefficient (Wildman–Crippen LogP) is 4.69. The van der Waals surface area contributed by atoms with Crippen LogP contribution < -0.4 is 9.47 Å². The van der Waals surface area contributed by atoms with E-state index >= 15 is 0 Å². The highest BCUT2D eigenvalue weighted by Gasteiger charge is 2.17. The first kappa shape index (κ1) is 19.9. The van der Waals surface area contributed by atoms with Crippen LogP contribution in [0.1, 0.15) is 15.9 Å². The molecule has 0 aliphatic heterocycles. The first-order chi connectivity index (χ1) is 12.8. The Morgan fingerprint density at radius 2 is 1.63 bits per heavy atom. The standard InChI is InChI=1S/C17H11F4NO5/c18-16(19)26-12-6-7-13(15(9-12)27-17(20)21)14(23)8-3-10-1-4-11(5-2-10)22(24)25/h1-9,16-17H/b8-3+. The quantitative estimate of drug-likeness (QED) is 0.217. The zero-order valence-corrected chi connectivity index (χ0v) is 13.4. The van der Waals surface area contributed by atoms with Crippen molar-refractivity contribution in [3.05, 3.63) is 69.8 Å². The zero-order chi connectivity index (χ0) is 20.0. The van der Waals surface area contributed by atoms with E-state index in [9.17, 15) is 32.5 Å². The number of alkyl halides is 4. The van der Waals surface area contributed by atoms with Gasteiger partial charge in [0, 0.05) is 18.2 Å². The van der Waals surface area contributed by atoms with E-state index in [4.69, 9.17) is 0 Å². The second kappa shape index (κ2) is 8.79. The van der Waals surface area contributed by atoms with Crippen molar-refractivity contribution in [2.45, 2.75) is 13.2 Å². The highest BCUT2D eigenvalue weighted by atomic mass is 19.3. The second-order valence-electron chi connectivity index (χ2n) is 4.96. The molecule has 2 aromatic carbocycles. The van der Waals surface area contributed by atoms with Gasteiger partial charge in [0.2, 0.25) is 0 Å². The smallest absolute Gasteiger partial charge is 0.387 e. The number of ether oxygens (including phenoxy) is 2. The van der Waals surface area contributed by atoms with Gasteiger partial charge in [0.25, 0.3) is 5.69 Å². The highest BCUT2D eigenvalue weighted by Crippen LogP contribution is 2.28. The normalized spacial score (nSPS) is 11.2. The third kappa shape index (κ3) is 5.80. The van der Waals surface area contributed by atoms with Crippen LogP contribution in [0.5, 0.6) is 11.5 Å². The summed E-state index contributed by atoms with van der Waals surface area (Å²) in [5.74, 6) is -1.81. The Bertz CT molecular complexity index is 853. The third-order valence-corrected chi connectivity index (χ3v) is 3.19. The summed E-state index contributed by atoms with van der Waals surface area (Å²) >= 11 is 0. The molecule has 0 fully saturated rings. The minimum atomic E-state index is -3.28. The lowest BCUT2D eigenvalue weighted by molar-refractivity contribution is -0.384. The molecule has 0 saturated heterocycles. The molecule has 0 amide bonds. The van der Waals surface area contributed by atoms with Crippen LogP contribution in [0.4, 0.5) is 23.2 Å². The van der Waals surface area contributed by atoms with E-state index in [0.717, 1.165) is 24.3 Å². The van der Waals surface area contributed by atoms with Crippen LogP contribution in [-0.4, -0.2) is 23.9 Å². The summed E-state index contributed by atoms with van der Waals surface area (Å²) in [5, 5.41) is 10.6. The number of allylic oxidation sites excluding steroid dienone is 1. The first-order valence-corrected chi connectivity index (χ1v) is 7.27. The number of carbonyl (C=O) groups excluding carboxylic acids is 1. The Morgan fingerprint density at radius 3 is 2.19 bits per heavy atom. The van der Waals surface area contributed by atoms with Crippen LogP contribution in [0.2, 0.25) is 0 Å². The summed E-state index contributed by atoms with van der Waals surface area (Å²) in [4.78, 5) is 22.2. The Balaban J connectivity index is 2.24. The number of rotatable bonds is 8. The van der Waals surface area contributed by atoms with Gasteiger partial charge in [0.1, 0.15) is 11.5 Å². The monoisotopic (exact) mass is 385 g/mol. The number of nitro groups is 1. The largest absolute Gasteiger partial charge is 0.435 e. The van der Waals surface area contributed by atoms with E-state index in [0.29, 0.717) is 5.56 Å². The lowest BCUT2D eigenvalue weighted by Gasteiger charge is -2.11. The topological polar surface area (TPSA) is 78.7 Å². The molecule has 0 aliphatic carbocycles. The Kier molecular flexibility index (Phi) is 6.47. The molecule has 6 nitrogen and oxygen atoms in total. The fraction of sp³-hybridized carbons (Fsp3) is 0.118. The molecule has 0 N–H and O–H groups in total. The van der Waals surface area contributed by atoms with E-state index in [2.05, 4.69) is 9.47 Å². The van der Waals surface area contributed by atoms with Crippen molar-refractivity contribution in [1.82, 2.24) is 0 Å².